The molecule has 0 atom stereocenters. The SMILES string of the molecule is CC(C)(C#N)c1ccc(-n2c(=O)n([B]C3CC3)c3cnc4ccc(Br)cc4c32)cc1. The molecule has 2 aromatic carbocycles. The summed E-state index contributed by atoms with van der Waals surface area (Å²) in [6, 6.07) is 15.9. The molecule has 2 heterocycles. The van der Waals surface area contributed by atoms with Crippen molar-refractivity contribution in [2.24, 2.45) is 0 Å². The van der Waals surface area contributed by atoms with Crippen LogP contribution in [0.25, 0.3) is 27.6 Å². The molecule has 2 aromatic heterocycles. The van der Waals surface area contributed by atoms with Gasteiger partial charge in [0, 0.05) is 9.86 Å². The molecule has 1 aliphatic rings. The van der Waals surface area contributed by atoms with E-state index in [1.165, 1.54) is 0 Å². The van der Waals surface area contributed by atoms with Gasteiger partial charge in [-0.25, -0.2) is 4.79 Å². The van der Waals surface area contributed by atoms with Crippen LogP contribution in [0.5, 0.6) is 0 Å². The van der Waals surface area contributed by atoms with Gasteiger partial charge in [-0.15, -0.1) is 0 Å². The van der Waals surface area contributed by atoms with Crippen LogP contribution in [-0.2, 0) is 5.41 Å². The zero-order valence-corrected chi connectivity index (χ0v) is 18.3. The lowest BCUT2D eigenvalue weighted by molar-refractivity contribution is 0.686. The third-order valence-electron chi connectivity index (χ3n) is 5.77. The molecule has 0 unspecified atom stereocenters. The van der Waals surface area contributed by atoms with Crippen LogP contribution in [-0.4, -0.2) is 21.4 Å². The van der Waals surface area contributed by atoms with Crippen LogP contribution in [0.15, 0.2) is 57.9 Å². The van der Waals surface area contributed by atoms with Gasteiger partial charge in [-0.1, -0.05) is 40.9 Å². The number of benzene rings is 2. The highest BCUT2D eigenvalue weighted by Crippen LogP contribution is 2.36. The summed E-state index contributed by atoms with van der Waals surface area (Å²) >= 11 is 3.55. The number of halogens is 1. The molecule has 1 aliphatic carbocycles. The van der Waals surface area contributed by atoms with Crippen molar-refractivity contribution in [2.45, 2.75) is 37.9 Å². The molecule has 1 saturated carbocycles. The largest absolute Gasteiger partial charge is 0.341 e. The molecule has 0 amide bonds. The summed E-state index contributed by atoms with van der Waals surface area (Å²) in [4.78, 5) is 18.1. The maximum atomic E-state index is 13.5. The summed E-state index contributed by atoms with van der Waals surface area (Å²) in [7, 11) is 2.03. The number of fused-ring (bicyclic) bond motifs is 3. The fraction of sp³-hybridized carbons (Fsp3) is 0.261. The van der Waals surface area contributed by atoms with Crippen LogP contribution in [0.3, 0.4) is 0 Å². The summed E-state index contributed by atoms with van der Waals surface area (Å²) in [5.74, 6) is 0.443. The summed E-state index contributed by atoms with van der Waals surface area (Å²) in [5, 5.41) is 10.4. The average molecular weight is 458 g/mol. The van der Waals surface area contributed by atoms with E-state index in [-0.39, 0.29) is 5.69 Å². The number of rotatable bonds is 4. The molecule has 1 radical (unpaired) electrons. The molecule has 1 fully saturated rings. The Labute approximate surface area is 183 Å². The van der Waals surface area contributed by atoms with Gasteiger partial charge in [-0.3, -0.25) is 9.55 Å². The number of nitrogens with zero attached hydrogens (tertiary/aromatic N) is 4. The maximum Gasteiger partial charge on any atom is 0.321 e. The van der Waals surface area contributed by atoms with E-state index < -0.39 is 5.41 Å². The van der Waals surface area contributed by atoms with Crippen molar-refractivity contribution in [1.29, 1.82) is 5.26 Å². The summed E-state index contributed by atoms with van der Waals surface area (Å²) in [6.45, 7) is 3.78. The minimum absolute atomic E-state index is 0.0986. The van der Waals surface area contributed by atoms with E-state index in [0.29, 0.717) is 5.82 Å². The van der Waals surface area contributed by atoms with Crippen molar-refractivity contribution in [3.05, 3.63) is 69.2 Å². The molecule has 7 heteroatoms. The van der Waals surface area contributed by atoms with Crippen molar-refractivity contribution in [3.8, 4) is 11.8 Å². The van der Waals surface area contributed by atoms with Crippen LogP contribution in [0.1, 0.15) is 32.3 Å². The van der Waals surface area contributed by atoms with Gasteiger partial charge in [0.15, 0.2) is 0 Å². The lowest BCUT2D eigenvalue weighted by atomic mass is 9.86. The highest BCUT2D eigenvalue weighted by molar-refractivity contribution is 9.10. The van der Waals surface area contributed by atoms with E-state index in [4.69, 9.17) is 0 Å². The highest BCUT2D eigenvalue weighted by Gasteiger charge is 2.28. The molecule has 147 valence electrons. The standard InChI is InChI=1S/C23H19BBrN4O/c1-23(2,13-26)14-3-8-17(9-4-14)28-21-18-11-16(25)7-10-19(18)27-12-20(21)29(22(28)30)24-15-5-6-15/h3-4,7-12,15H,5-6H2,1-2H3. The van der Waals surface area contributed by atoms with Crippen molar-refractivity contribution in [3.63, 3.8) is 0 Å². The van der Waals surface area contributed by atoms with Crippen molar-refractivity contribution in [2.75, 3.05) is 0 Å². The Morgan fingerprint density at radius 2 is 1.93 bits per heavy atom. The van der Waals surface area contributed by atoms with Crippen LogP contribution in [0, 0.1) is 11.3 Å². The third kappa shape index (κ3) is 3.07. The second kappa shape index (κ2) is 6.85. The molecule has 0 spiro atoms. The monoisotopic (exact) mass is 457 g/mol. The molecule has 0 aliphatic heterocycles. The molecular weight excluding hydrogens is 439 g/mol. The maximum absolute atomic E-state index is 13.5. The quantitative estimate of drug-likeness (QED) is 0.407. The molecule has 0 N–H and O–H groups in total. The van der Waals surface area contributed by atoms with Crippen molar-refractivity contribution >= 4 is 45.3 Å². The Hall–Kier alpha value is -2.85. The van der Waals surface area contributed by atoms with E-state index in [0.717, 1.165) is 50.5 Å². The zero-order valence-electron chi connectivity index (χ0n) is 16.8. The number of hydrogen-bond donors (Lipinski definition) is 0. The molecule has 5 nitrogen and oxygen atoms in total. The van der Waals surface area contributed by atoms with E-state index in [1.807, 2.05) is 63.7 Å². The van der Waals surface area contributed by atoms with Crippen LogP contribution in [0.4, 0.5) is 0 Å². The second-order valence-corrected chi connectivity index (χ2v) is 9.33. The van der Waals surface area contributed by atoms with Crippen LogP contribution >= 0.6 is 15.9 Å². The van der Waals surface area contributed by atoms with Crippen LogP contribution < -0.4 is 5.69 Å². The number of hydrogen-bond acceptors (Lipinski definition) is 3. The van der Waals surface area contributed by atoms with Gasteiger partial charge >= 0.3 is 5.69 Å². The lowest BCUT2D eigenvalue weighted by Crippen LogP contribution is -2.26. The first-order valence-electron chi connectivity index (χ1n) is 9.97. The first-order chi connectivity index (χ1) is 14.4. The van der Waals surface area contributed by atoms with Crippen LogP contribution in [0.2, 0.25) is 5.82 Å². The summed E-state index contributed by atoms with van der Waals surface area (Å²) in [5.41, 5.74) is 3.50. The van der Waals surface area contributed by atoms with Gasteiger partial charge in [-0.05, 0) is 55.6 Å². The number of aromatic nitrogens is 3. The predicted molar refractivity (Wildman–Crippen MR) is 123 cm³/mol. The van der Waals surface area contributed by atoms with E-state index in [1.54, 1.807) is 15.2 Å². The van der Waals surface area contributed by atoms with Gasteiger partial charge in [0.2, 0.25) is 0 Å². The van der Waals surface area contributed by atoms with Gasteiger partial charge in [-0.2, -0.15) is 5.26 Å². The molecule has 5 rings (SSSR count). The number of imidazole rings is 1. The molecule has 30 heavy (non-hydrogen) atoms. The second-order valence-electron chi connectivity index (χ2n) is 8.41. The van der Waals surface area contributed by atoms with E-state index >= 15 is 0 Å². The average Bonchev–Trinajstić information content (AvgIpc) is 3.52. The minimum atomic E-state index is -0.585. The summed E-state index contributed by atoms with van der Waals surface area (Å²) in [6.07, 6.45) is 4.02. The van der Waals surface area contributed by atoms with E-state index in [2.05, 4.69) is 27.0 Å². The smallest absolute Gasteiger partial charge is 0.321 e. The number of nitriles is 1. The van der Waals surface area contributed by atoms with E-state index in [9.17, 15) is 10.1 Å². The molecule has 0 saturated heterocycles. The first kappa shape index (κ1) is 19.1. The minimum Gasteiger partial charge on any atom is -0.341 e. The Kier molecular flexibility index (Phi) is 4.37. The molecule has 4 aromatic rings. The Bertz CT molecular complexity index is 1390. The summed E-state index contributed by atoms with van der Waals surface area (Å²) < 4.78 is 4.44. The van der Waals surface area contributed by atoms with Gasteiger partial charge in [0.05, 0.1) is 39.9 Å². The first-order valence-corrected chi connectivity index (χ1v) is 10.8. The molecular formula is C23H19BBrN4O. The zero-order chi connectivity index (χ0) is 21.0. The Balaban J connectivity index is 1.80. The van der Waals surface area contributed by atoms with Crippen molar-refractivity contribution < 1.29 is 0 Å². The van der Waals surface area contributed by atoms with Gasteiger partial charge in [0.1, 0.15) is 0 Å². The van der Waals surface area contributed by atoms with Crippen molar-refractivity contribution in [1.82, 2.24) is 14.0 Å². The Morgan fingerprint density at radius 3 is 2.60 bits per heavy atom. The fourth-order valence-electron chi connectivity index (χ4n) is 3.79. The van der Waals surface area contributed by atoms with Gasteiger partial charge < -0.3 is 4.48 Å². The molecule has 0 bridgehead atoms. The third-order valence-corrected chi connectivity index (χ3v) is 6.26. The predicted octanol–water partition coefficient (Wildman–Crippen LogP) is 4.95. The Morgan fingerprint density at radius 1 is 1.20 bits per heavy atom. The highest BCUT2D eigenvalue weighted by atomic mass is 79.9. The normalized spacial score (nSPS) is 14.2. The topological polar surface area (TPSA) is 63.6 Å². The fourth-order valence-corrected chi connectivity index (χ4v) is 4.15. The van der Waals surface area contributed by atoms with Gasteiger partial charge in [0.25, 0.3) is 7.41 Å². The lowest BCUT2D eigenvalue weighted by Gasteiger charge is -2.16. The number of pyridine rings is 1.